The van der Waals surface area contributed by atoms with Gasteiger partial charge in [-0.1, -0.05) is 18.6 Å². The molecule has 2 fully saturated rings. The van der Waals surface area contributed by atoms with Crippen molar-refractivity contribution in [3.8, 4) is 0 Å². The molecule has 0 spiro atoms. The van der Waals surface area contributed by atoms with Crippen molar-refractivity contribution in [1.82, 2.24) is 24.6 Å². The molecule has 1 saturated heterocycles. The Morgan fingerprint density at radius 1 is 1.12 bits per heavy atom. The zero-order valence-corrected chi connectivity index (χ0v) is 14.6. The number of H-pyrrole nitrogens is 1. The molecule has 3 heterocycles. The summed E-state index contributed by atoms with van der Waals surface area (Å²) >= 11 is 0. The Morgan fingerprint density at radius 2 is 2.08 bits per heavy atom. The molecule has 0 radical (unpaired) electrons. The zero-order chi connectivity index (χ0) is 16.6. The fourth-order valence-electron chi connectivity index (χ4n) is 4.22. The predicted octanol–water partition coefficient (Wildman–Crippen LogP) is 3.90. The van der Waals surface area contributed by atoms with Crippen molar-refractivity contribution in [3.63, 3.8) is 0 Å². The number of benzene rings is 1. The van der Waals surface area contributed by atoms with E-state index in [1.165, 1.54) is 54.4 Å². The molecule has 1 aliphatic carbocycles. The number of hydrogen-bond donors (Lipinski definition) is 1. The maximum atomic E-state index is 4.53. The van der Waals surface area contributed by atoms with E-state index >= 15 is 0 Å². The van der Waals surface area contributed by atoms with Crippen LogP contribution in [0.5, 0.6) is 0 Å². The summed E-state index contributed by atoms with van der Waals surface area (Å²) in [6, 6.07) is 9.15. The van der Waals surface area contributed by atoms with Gasteiger partial charge < -0.3 is 9.55 Å². The monoisotopic (exact) mass is 335 g/mol. The molecule has 1 aromatic carbocycles. The summed E-state index contributed by atoms with van der Waals surface area (Å²) in [7, 11) is 0. The molecule has 2 aliphatic rings. The van der Waals surface area contributed by atoms with E-state index in [-0.39, 0.29) is 0 Å². The minimum absolute atomic E-state index is 0.393. The topological polar surface area (TPSA) is 49.7 Å². The molecule has 1 N–H and O–H groups in total. The highest BCUT2D eigenvalue weighted by molar-refractivity contribution is 5.82. The van der Waals surface area contributed by atoms with Gasteiger partial charge in [0.05, 0.1) is 6.04 Å². The minimum Gasteiger partial charge on any atom is -0.361 e. The first-order valence-electron chi connectivity index (χ1n) is 9.55. The maximum Gasteiger partial charge on any atom is 0.150 e. The second-order valence-corrected chi connectivity index (χ2v) is 7.62. The lowest BCUT2D eigenvalue weighted by Gasteiger charge is -2.35. The predicted molar refractivity (Wildman–Crippen MR) is 98.0 cm³/mol. The zero-order valence-electron chi connectivity index (χ0n) is 14.6. The lowest BCUT2D eigenvalue weighted by atomic mass is 9.99. The third-order valence-electron chi connectivity index (χ3n) is 5.77. The SMILES string of the molecule is c1cc(CN2CCCCC2c2nncn2CC2CC2)c2cc[nH]c2c1. The van der Waals surface area contributed by atoms with E-state index in [4.69, 9.17) is 0 Å². The molecule has 1 unspecified atom stereocenters. The van der Waals surface area contributed by atoms with Gasteiger partial charge >= 0.3 is 0 Å². The van der Waals surface area contributed by atoms with E-state index in [1.807, 2.05) is 12.5 Å². The molecule has 1 saturated carbocycles. The molecular weight excluding hydrogens is 310 g/mol. The van der Waals surface area contributed by atoms with Gasteiger partial charge in [0.15, 0.2) is 0 Å². The molecule has 1 aliphatic heterocycles. The van der Waals surface area contributed by atoms with Crippen molar-refractivity contribution in [2.45, 2.75) is 51.2 Å². The van der Waals surface area contributed by atoms with Crippen molar-refractivity contribution in [2.75, 3.05) is 6.54 Å². The number of fused-ring (bicyclic) bond motifs is 1. The summed E-state index contributed by atoms with van der Waals surface area (Å²) in [4.78, 5) is 5.94. The molecule has 0 bridgehead atoms. The molecule has 130 valence electrons. The highest BCUT2D eigenvalue weighted by Crippen LogP contribution is 2.35. The van der Waals surface area contributed by atoms with Gasteiger partial charge in [0, 0.05) is 30.2 Å². The number of rotatable bonds is 5. The third kappa shape index (κ3) is 2.97. The molecular formula is C20H25N5. The summed E-state index contributed by atoms with van der Waals surface area (Å²) in [5.41, 5.74) is 2.63. The molecule has 0 amide bonds. The summed E-state index contributed by atoms with van der Waals surface area (Å²) in [6.45, 7) is 3.22. The van der Waals surface area contributed by atoms with Crippen LogP contribution in [0, 0.1) is 5.92 Å². The Labute approximate surface area is 148 Å². The lowest BCUT2D eigenvalue weighted by molar-refractivity contribution is 0.130. The van der Waals surface area contributed by atoms with Crippen molar-refractivity contribution in [2.24, 2.45) is 5.92 Å². The van der Waals surface area contributed by atoms with Gasteiger partial charge in [0.25, 0.3) is 0 Å². The minimum atomic E-state index is 0.393. The van der Waals surface area contributed by atoms with E-state index in [0.29, 0.717) is 6.04 Å². The van der Waals surface area contributed by atoms with E-state index < -0.39 is 0 Å². The fraction of sp³-hybridized carbons (Fsp3) is 0.500. The van der Waals surface area contributed by atoms with Gasteiger partial charge in [-0.25, -0.2) is 0 Å². The van der Waals surface area contributed by atoms with E-state index in [0.717, 1.165) is 25.6 Å². The van der Waals surface area contributed by atoms with Crippen LogP contribution < -0.4 is 0 Å². The highest BCUT2D eigenvalue weighted by Gasteiger charge is 2.30. The van der Waals surface area contributed by atoms with Crippen LogP contribution in [-0.2, 0) is 13.1 Å². The molecule has 25 heavy (non-hydrogen) atoms. The van der Waals surface area contributed by atoms with Crippen LogP contribution in [0.15, 0.2) is 36.8 Å². The Morgan fingerprint density at radius 3 is 3.00 bits per heavy atom. The number of nitrogens with one attached hydrogen (secondary N) is 1. The number of aromatic nitrogens is 4. The van der Waals surface area contributed by atoms with Crippen LogP contribution in [0.3, 0.4) is 0 Å². The Balaban J connectivity index is 1.43. The number of nitrogens with zero attached hydrogens (tertiary/aromatic N) is 4. The van der Waals surface area contributed by atoms with Crippen LogP contribution >= 0.6 is 0 Å². The first-order valence-corrected chi connectivity index (χ1v) is 9.55. The number of hydrogen-bond acceptors (Lipinski definition) is 3. The molecule has 5 rings (SSSR count). The number of likely N-dealkylation sites (tertiary alicyclic amines) is 1. The lowest BCUT2D eigenvalue weighted by Crippen LogP contribution is -2.34. The van der Waals surface area contributed by atoms with Crippen LogP contribution in [0.2, 0.25) is 0 Å². The average Bonchev–Trinajstić information content (AvgIpc) is 3.12. The average molecular weight is 335 g/mol. The molecule has 1 atom stereocenters. The van der Waals surface area contributed by atoms with E-state index in [9.17, 15) is 0 Å². The number of aromatic amines is 1. The molecule has 2 aromatic heterocycles. The standard InChI is InChI=1S/C20H25N5/c1-2-11-24(13-16-4-3-5-18-17(16)9-10-21-18)19(6-1)20-23-22-14-25(20)12-15-7-8-15/h3-5,9-10,14-15,19,21H,1-2,6-8,11-13H2. The first kappa shape index (κ1) is 15.1. The Kier molecular flexibility index (Phi) is 3.82. The van der Waals surface area contributed by atoms with E-state index in [2.05, 4.69) is 48.9 Å². The van der Waals surface area contributed by atoms with Gasteiger partial charge in [-0.05, 0) is 55.8 Å². The van der Waals surface area contributed by atoms with Gasteiger partial charge in [-0.15, -0.1) is 10.2 Å². The second kappa shape index (κ2) is 6.30. The summed E-state index contributed by atoms with van der Waals surface area (Å²) < 4.78 is 2.32. The number of piperidine rings is 1. The summed E-state index contributed by atoms with van der Waals surface area (Å²) in [5.74, 6) is 2.02. The van der Waals surface area contributed by atoms with Crippen molar-refractivity contribution < 1.29 is 0 Å². The molecule has 5 nitrogen and oxygen atoms in total. The highest BCUT2D eigenvalue weighted by atomic mass is 15.3. The largest absolute Gasteiger partial charge is 0.361 e. The van der Waals surface area contributed by atoms with Crippen molar-refractivity contribution >= 4 is 10.9 Å². The smallest absolute Gasteiger partial charge is 0.150 e. The van der Waals surface area contributed by atoms with Crippen molar-refractivity contribution in [3.05, 3.63) is 48.2 Å². The van der Waals surface area contributed by atoms with Crippen LogP contribution in [0.25, 0.3) is 10.9 Å². The molecule has 3 aromatic rings. The van der Waals surface area contributed by atoms with E-state index in [1.54, 1.807) is 0 Å². The van der Waals surface area contributed by atoms with Crippen LogP contribution in [0.1, 0.15) is 49.5 Å². The van der Waals surface area contributed by atoms with Gasteiger partial charge in [0.2, 0.25) is 0 Å². The van der Waals surface area contributed by atoms with Crippen LogP contribution in [0.4, 0.5) is 0 Å². The first-order chi connectivity index (χ1) is 12.4. The normalized spacial score (nSPS) is 21.8. The Hall–Kier alpha value is -2.14. The quantitative estimate of drug-likeness (QED) is 0.769. The van der Waals surface area contributed by atoms with Crippen molar-refractivity contribution in [1.29, 1.82) is 0 Å². The fourth-order valence-corrected chi connectivity index (χ4v) is 4.22. The van der Waals surface area contributed by atoms with Crippen LogP contribution in [-0.4, -0.2) is 31.2 Å². The Bertz CT molecular complexity index is 860. The van der Waals surface area contributed by atoms with Gasteiger partial charge in [0.1, 0.15) is 12.2 Å². The molecule has 5 heteroatoms. The second-order valence-electron chi connectivity index (χ2n) is 7.62. The maximum absolute atomic E-state index is 4.53. The summed E-state index contributed by atoms with van der Waals surface area (Å²) in [6.07, 6.45) is 10.4. The van der Waals surface area contributed by atoms with Gasteiger partial charge in [-0.2, -0.15) is 0 Å². The third-order valence-corrected chi connectivity index (χ3v) is 5.77. The van der Waals surface area contributed by atoms with Gasteiger partial charge in [-0.3, -0.25) is 4.90 Å². The summed E-state index contributed by atoms with van der Waals surface area (Å²) in [5, 5.41) is 10.1.